The molecule has 1 unspecified atom stereocenters. The molecule has 0 N–H and O–H groups in total. The lowest BCUT2D eigenvalue weighted by atomic mass is 9.71. The van der Waals surface area contributed by atoms with Crippen molar-refractivity contribution >= 4 is 17.7 Å². The molecule has 0 aliphatic heterocycles. The Labute approximate surface area is 168 Å². The summed E-state index contributed by atoms with van der Waals surface area (Å²) >= 11 is 3.76. The number of carbonyl (C=O) groups excluding carboxylic acids is 1. The zero-order valence-corrected chi connectivity index (χ0v) is 17.8. The maximum atomic E-state index is 10.9. The third kappa shape index (κ3) is 5.96. The number of imidazole rings is 1. The van der Waals surface area contributed by atoms with Crippen LogP contribution in [0, 0.1) is 5.41 Å². The van der Waals surface area contributed by atoms with Gasteiger partial charge in [-0.15, -0.1) is 12.6 Å². The largest absolute Gasteiger partial charge is 0.330 e. The van der Waals surface area contributed by atoms with Crippen LogP contribution in [0.2, 0.25) is 0 Å². The topological polar surface area (TPSA) is 34.9 Å². The van der Waals surface area contributed by atoms with Gasteiger partial charge in [-0.25, -0.2) is 4.98 Å². The number of rotatable bonds is 6. The molecule has 1 heterocycles. The highest BCUT2D eigenvalue weighted by molar-refractivity contribution is 7.97. The molecule has 0 saturated carbocycles. The van der Waals surface area contributed by atoms with Gasteiger partial charge >= 0.3 is 0 Å². The van der Waals surface area contributed by atoms with E-state index >= 15 is 0 Å². The number of aromatic nitrogens is 2. The van der Waals surface area contributed by atoms with Gasteiger partial charge in [0, 0.05) is 12.4 Å². The lowest BCUT2D eigenvalue weighted by molar-refractivity contribution is -0.106. The van der Waals surface area contributed by atoms with E-state index in [0.717, 1.165) is 24.0 Å². The molecule has 1 aromatic heterocycles. The third-order valence-electron chi connectivity index (χ3n) is 5.16. The van der Waals surface area contributed by atoms with Crippen molar-refractivity contribution in [1.82, 2.24) is 9.55 Å². The second kappa shape index (κ2) is 9.23. The summed E-state index contributed by atoms with van der Waals surface area (Å²) in [4.78, 5) is 15.2. The standard InChI is InChI=1S/C23H30N2OS/c1-17(7-6-8-18(2)15-22(26)27)9-10-20-19(3)21(11-12-23(20,4)5)25-14-13-24-16-25/h6-10,13-16,21H,11-12H2,1-5H3,(H,26,27). The van der Waals surface area contributed by atoms with E-state index in [1.165, 1.54) is 17.2 Å². The maximum Gasteiger partial charge on any atom is 0.209 e. The van der Waals surface area contributed by atoms with Crippen LogP contribution >= 0.6 is 12.6 Å². The smallest absolute Gasteiger partial charge is 0.209 e. The number of thiol groups is 1. The fourth-order valence-electron chi connectivity index (χ4n) is 3.61. The van der Waals surface area contributed by atoms with Crippen LogP contribution in [-0.2, 0) is 4.79 Å². The fourth-order valence-corrected chi connectivity index (χ4v) is 3.81. The van der Waals surface area contributed by atoms with Gasteiger partial charge in [0.05, 0.1) is 12.4 Å². The van der Waals surface area contributed by atoms with Gasteiger partial charge in [0.15, 0.2) is 0 Å². The molecule has 0 bridgehead atoms. The SMILES string of the molecule is CC(C=CC1=C(C)C(n2ccnc2)CCC1(C)C)=CC=CC(C)=CC(=O)S. The molecule has 3 nitrogen and oxygen atoms in total. The molecular formula is C23H30N2OS. The maximum absolute atomic E-state index is 10.9. The third-order valence-corrected chi connectivity index (χ3v) is 5.29. The average Bonchev–Trinajstić information content (AvgIpc) is 3.07. The number of allylic oxidation sites excluding steroid dienone is 9. The summed E-state index contributed by atoms with van der Waals surface area (Å²) < 4.78 is 2.21. The Morgan fingerprint density at radius 1 is 1.30 bits per heavy atom. The monoisotopic (exact) mass is 382 g/mol. The summed E-state index contributed by atoms with van der Waals surface area (Å²) in [5.41, 5.74) is 5.03. The zero-order valence-electron chi connectivity index (χ0n) is 16.9. The first-order chi connectivity index (χ1) is 12.7. The van der Waals surface area contributed by atoms with Gasteiger partial charge in [0.25, 0.3) is 0 Å². The van der Waals surface area contributed by atoms with E-state index in [4.69, 9.17) is 0 Å². The number of hydrogen-bond acceptors (Lipinski definition) is 2. The lowest BCUT2D eigenvalue weighted by Gasteiger charge is -2.37. The minimum absolute atomic E-state index is 0.167. The highest BCUT2D eigenvalue weighted by Gasteiger charge is 2.32. The van der Waals surface area contributed by atoms with E-state index in [-0.39, 0.29) is 10.5 Å². The minimum atomic E-state index is -0.230. The van der Waals surface area contributed by atoms with E-state index in [1.54, 1.807) is 0 Å². The van der Waals surface area contributed by atoms with Crippen LogP contribution in [0.3, 0.4) is 0 Å². The van der Waals surface area contributed by atoms with Crippen LogP contribution in [0.4, 0.5) is 0 Å². The average molecular weight is 383 g/mol. The van der Waals surface area contributed by atoms with Gasteiger partial charge in [-0.05, 0) is 61.8 Å². The normalized spacial score (nSPS) is 21.5. The predicted octanol–water partition coefficient (Wildman–Crippen LogP) is 6.02. The molecule has 0 spiro atoms. The van der Waals surface area contributed by atoms with Crippen molar-refractivity contribution in [2.24, 2.45) is 5.41 Å². The number of carbonyl (C=O) groups is 1. The molecule has 4 heteroatoms. The van der Waals surface area contributed by atoms with Gasteiger partial charge in [0.2, 0.25) is 5.12 Å². The van der Waals surface area contributed by atoms with Crippen molar-refractivity contribution < 1.29 is 4.79 Å². The molecule has 1 aliphatic carbocycles. The van der Waals surface area contributed by atoms with E-state index in [9.17, 15) is 4.79 Å². The highest BCUT2D eigenvalue weighted by Crippen LogP contribution is 2.45. The summed E-state index contributed by atoms with van der Waals surface area (Å²) in [7, 11) is 0. The number of nitrogens with zero attached hydrogens (tertiary/aromatic N) is 2. The molecule has 1 aliphatic rings. The Hall–Kier alpha value is -2.07. The van der Waals surface area contributed by atoms with Crippen LogP contribution in [-0.4, -0.2) is 14.7 Å². The Bertz CT molecular complexity index is 821. The molecule has 0 saturated heterocycles. The molecule has 1 aromatic rings. The molecule has 0 amide bonds. The fraction of sp³-hybridized carbons (Fsp3) is 0.391. The van der Waals surface area contributed by atoms with Gasteiger partial charge < -0.3 is 4.57 Å². The van der Waals surface area contributed by atoms with Crippen molar-refractivity contribution in [2.45, 2.75) is 53.5 Å². The first-order valence-corrected chi connectivity index (χ1v) is 9.78. The van der Waals surface area contributed by atoms with Gasteiger partial charge in [-0.3, -0.25) is 4.79 Å². The molecule has 1 atom stereocenters. The van der Waals surface area contributed by atoms with Crippen molar-refractivity contribution in [3.8, 4) is 0 Å². The van der Waals surface area contributed by atoms with Crippen LogP contribution in [0.1, 0.15) is 53.5 Å². The van der Waals surface area contributed by atoms with E-state index in [0.29, 0.717) is 6.04 Å². The van der Waals surface area contributed by atoms with Crippen molar-refractivity contribution in [1.29, 1.82) is 0 Å². The predicted molar refractivity (Wildman–Crippen MR) is 117 cm³/mol. The zero-order chi connectivity index (χ0) is 20.0. The Kier molecular flexibility index (Phi) is 7.25. The van der Waals surface area contributed by atoms with E-state index < -0.39 is 0 Å². The minimum Gasteiger partial charge on any atom is -0.330 e. The molecular weight excluding hydrogens is 352 g/mol. The van der Waals surface area contributed by atoms with Crippen LogP contribution in [0.5, 0.6) is 0 Å². The Morgan fingerprint density at radius 3 is 2.67 bits per heavy atom. The molecule has 0 radical (unpaired) electrons. The number of hydrogen-bond donors (Lipinski definition) is 1. The van der Waals surface area contributed by atoms with Crippen LogP contribution in [0.15, 0.2) is 77.5 Å². The summed E-state index contributed by atoms with van der Waals surface area (Å²) in [6, 6.07) is 0.385. The summed E-state index contributed by atoms with van der Waals surface area (Å²) in [6.45, 7) is 10.9. The lowest BCUT2D eigenvalue weighted by Crippen LogP contribution is -2.25. The van der Waals surface area contributed by atoms with E-state index in [2.05, 4.69) is 74.3 Å². The summed E-state index contributed by atoms with van der Waals surface area (Å²) in [6.07, 6.45) is 20.0. The summed E-state index contributed by atoms with van der Waals surface area (Å²) in [5.74, 6) is 0. The molecule has 0 aromatic carbocycles. The molecule has 2 rings (SSSR count). The van der Waals surface area contributed by atoms with Crippen LogP contribution < -0.4 is 0 Å². The first-order valence-electron chi connectivity index (χ1n) is 9.33. The summed E-state index contributed by atoms with van der Waals surface area (Å²) in [5, 5.41) is -0.230. The Morgan fingerprint density at radius 2 is 2.04 bits per heavy atom. The Balaban J connectivity index is 2.21. The highest BCUT2D eigenvalue weighted by atomic mass is 32.1. The van der Waals surface area contributed by atoms with Gasteiger partial charge in [0.1, 0.15) is 0 Å². The van der Waals surface area contributed by atoms with Crippen molar-refractivity contribution in [2.75, 3.05) is 0 Å². The first kappa shape index (κ1) is 21.2. The van der Waals surface area contributed by atoms with E-state index in [1.807, 2.05) is 31.6 Å². The second-order valence-corrected chi connectivity index (χ2v) is 8.32. The molecule has 0 fully saturated rings. The van der Waals surface area contributed by atoms with Crippen molar-refractivity contribution in [3.63, 3.8) is 0 Å². The second-order valence-electron chi connectivity index (χ2n) is 7.87. The quantitative estimate of drug-likeness (QED) is 0.371. The van der Waals surface area contributed by atoms with Crippen molar-refractivity contribution in [3.05, 3.63) is 77.5 Å². The molecule has 27 heavy (non-hydrogen) atoms. The van der Waals surface area contributed by atoms with Crippen LogP contribution in [0.25, 0.3) is 0 Å². The molecule has 144 valence electrons. The van der Waals surface area contributed by atoms with Gasteiger partial charge in [-0.2, -0.15) is 0 Å². The van der Waals surface area contributed by atoms with Gasteiger partial charge in [-0.1, -0.05) is 49.8 Å².